The number of alkyl halides is 2. The predicted octanol–water partition coefficient (Wildman–Crippen LogP) is 7.74. The van der Waals surface area contributed by atoms with Gasteiger partial charge in [0.25, 0.3) is 5.92 Å². The van der Waals surface area contributed by atoms with Crippen molar-refractivity contribution in [1.29, 1.82) is 0 Å². The molecular weight excluding hydrogens is 414 g/mol. The van der Waals surface area contributed by atoms with Gasteiger partial charge in [-0.25, -0.2) is 8.78 Å². The first-order chi connectivity index (χ1) is 15.6. The number of rotatable bonds is 7. The lowest BCUT2D eigenvalue weighted by atomic mass is 9.76. The van der Waals surface area contributed by atoms with Gasteiger partial charge < -0.3 is 10.6 Å². The van der Waals surface area contributed by atoms with Gasteiger partial charge in [-0.15, -0.1) is 5.73 Å². The van der Waals surface area contributed by atoms with E-state index in [2.05, 4.69) is 42.9 Å². The van der Waals surface area contributed by atoms with Crippen LogP contribution in [0.1, 0.15) is 73.6 Å². The number of likely N-dealkylation sites (N-methyl/N-ethyl adjacent to an activating group) is 1. The van der Waals surface area contributed by atoms with Crippen molar-refractivity contribution in [2.45, 2.75) is 79.6 Å². The van der Waals surface area contributed by atoms with Crippen LogP contribution in [0.2, 0.25) is 0 Å². The lowest BCUT2D eigenvalue weighted by molar-refractivity contribution is 0.0674. The molecule has 2 aliphatic carbocycles. The SMILES string of the molecule is C=C(C)/C(=C/C(C)C)NC.CC.CC(F)(F)C1=CC(CC[C@@]23CCC[C@@H]2CNC3)=CC=C=C1. The maximum Gasteiger partial charge on any atom is 0.271 e. The van der Waals surface area contributed by atoms with E-state index in [9.17, 15) is 8.78 Å². The monoisotopic (exact) mass is 460 g/mol. The lowest BCUT2D eigenvalue weighted by Crippen LogP contribution is -2.25. The molecular formula is C29H46F2N2. The van der Waals surface area contributed by atoms with Crippen LogP contribution in [0.3, 0.4) is 0 Å². The summed E-state index contributed by atoms with van der Waals surface area (Å²) in [5.74, 6) is -1.43. The smallest absolute Gasteiger partial charge is 0.271 e. The Balaban J connectivity index is 0.000000386. The Morgan fingerprint density at radius 3 is 2.64 bits per heavy atom. The summed E-state index contributed by atoms with van der Waals surface area (Å²) in [7, 11) is 1.92. The second kappa shape index (κ2) is 13.7. The molecule has 1 aliphatic heterocycles. The van der Waals surface area contributed by atoms with Crippen molar-refractivity contribution in [3.8, 4) is 0 Å². The van der Waals surface area contributed by atoms with Gasteiger partial charge in [-0.2, -0.15) is 0 Å². The summed E-state index contributed by atoms with van der Waals surface area (Å²) < 4.78 is 27.1. The first-order valence-corrected chi connectivity index (χ1v) is 12.6. The van der Waals surface area contributed by atoms with Gasteiger partial charge in [0.2, 0.25) is 0 Å². The summed E-state index contributed by atoms with van der Waals surface area (Å²) >= 11 is 0. The van der Waals surface area contributed by atoms with Gasteiger partial charge in [-0.05, 0) is 85.8 Å². The number of halogens is 2. The van der Waals surface area contributed by atoms with Crippen molar-refractivity contribution in [1.82, 2.24) is 10.6 Å². The Morgan fingerprint density at radius 1 is 1.39 bits per heavy atom. The molecule has 1 saturated carbocycles. The van der Waals surface area contributed by atoms with Crippen LogP contribution in [0.4, 0.5) is 8.78 Å². The van der Waals surface area contributed by atoms with E-state index >= 15 is 0 Å². The van der Waals surface area contributed by atoms with Crippen molar-refractivity contribution >= 4 is 0 Å². The first kappa shape index (κ1) is 29.1. The summed E-state index contributed by atoms with van der Waals surface area (Å²) in [6, 6.07) is 0. The summed E-state index contributed by atoms with van der Waals surface area (Å²) in [4.78, 5) is 0. The first-order valence-electron chi connectivity index (χ1n) is 12.6. The minimum atomic E-state index is -2.80. The third-order valence-electron chi connectivity index (χ3n) is 6.58. The Labute approximate surface area is 201 Å². The summed E-state index contributed by atoms with van der Waals surface area (Å²) in [5, 5.41) is 6.61. The topological polar surface area (TPSA) is 24.1 Å². The molecule has 2 nitrogen and oxygen atoms in total. The van der Waals surface area contributed by atoms with Crippen molar-refractivity contribution in [2.75, 3.05) is 20.1 Å². The number of nitrogens with one attached hydrogen (secondary N) is 2. The number of allylic oxidation sites excluding steroid dienone is 7. The molecule has 2 N–H and O–H groups in total. The molecule has 2 atom stereocenters. The van der Waals surface area contributed by atoms with Crippen LogP contribution in [0.25, 0.3) is 0 Å². The minimum Gasteiger partial charge on any atom is -0.388 e. The average Bonchev–Trinajstić information content (AvgIpc) is 3.23. The van der Waals surface area contributed by atoms with Crippen molar-refractivity contribution in [3.05, 3.63) is 65.1 Å². The highest BCUT2D eigenvalue weighted by Crippen LogP contribution is 2.49. The molecule has 0 amide bonds. The molecule has 3 aliphatic rings. The Bertz CT molecular complexity index is 777. The average molecular weight is 461 g/mol. The molecule has 0 radical (unpaired) electrons. The summed E-state index contributed by atoms with van der Waals surface area (Å²) in [6.07, 6.45) is 14.8. The molecule has 0 aromatic heterocycles. The molecule has 0 spiro atoms. The van der Waals surface area contributed by atoms with Gasteiger partial charge in [-0.3, -0.25) is 0 Å². The fourth-order valence-corrected chi connectivity index (χ4v) is 4.83. The quantitative estimate of drug-likeness (QED) is 0.300. The van der Waals surface area contributed by atoms with Gasteiger partial charge in [0.1, 0.15) is 0 Å². The standard InChI is InChI=1S/C18H23F2N.C9H17N.C2H6/c1-17(19,20)15-6-3-2-5-14(11-15)8-10-18-9-4-7-16(18)12-21-13-18;1-7(2)6-9(10-5)8(3)4;1-2/h2,5-6,11,16,21H,4,7-10,12-13H2,1H3;6-7,10H,3H2,1-2,4-5H3;1-2H3/b;9-6-;/t16-,18-;;/m1../s1. The van der Waals surface area contributed by atoms with Crippen LogP contribution in [0.5, 0.6) is 0 Å². The molecule has 33 heavy (non-hydrogen) atoms. The van der Waals surface area contributed by atoms with E-state index in [1.165, 1.54) is 25.3 Å². The van der Waals surface area contributed by atoms with Crippen molar-refractivity contribution in [3.63, 3.8) is 0 Å². The normalized spacial score (nSPS) is 24.1. The Hall–Kier alpha value is -1.90. The highest BCUT2D eigenvalue weighted by atomic mass is 19.3. The van der Waals surface area contributed by atoms with E-state index in [0.29, 0.717) is 11.3 Å². The minimum absolute atomic E-state index is 0.0625. The fraction of sp³-hybridized carbons (Fsp3) is 0.621. The molecule has 0 unspecified atom stereocenters. The predicted molar refractivity (Wildman–Crippen MR) is 139 cm³/mol. The third kappa shape index (κ3) is 9.10. The Kier molecular flexibility index (Phi) is 12.1. The Morgan fingerprint density at radius 2 is 2.09 bits per heavy atom. The molecule has 2 fully saturated rings. The molecule has 3 rings (SSSR count). The van der Waals surface area contributed by atoms with E-state index in [-0.39, 0.29) is 5.57 Å². The molecule has 4 heteroatoms. The summed E-state index contributed by atoms with van der Waals surface area (Å²) in [6.45, 7) is 17.3. The number of fused-ring (bicyclic) bond motifs is 1. The second-order valence-corrected chi connectivity index (χ2v) is 9.64. The highest BCUT2D eigenvalue weighted by molar-refractivity contribution is 5.38. The zero-order chi connectivity index (χ0) is 25.1. The van der Waals surface area contributed by atoms with E-state index < -0.39 is 5.92 Å². The number of hydrogen-bond acceptors (Lipinski definition) is 2. The molecule has 0 aromatic rings. The molecule has 1 heterocycles. The zero-order valence-electron chi connectivity index (χ0n) is 22.0. The van der Waals surface area contributed by atoms with Crippen LogP contribution in [-0.4, -0.2) is 26.1 Å². The molecule has 0 bridgehead atoms. The van der Waals surface area contributed by atoms with Gasteiger partial charge in [-0.1, -0.05) is 52.8 Å². The highest BCUT2D eigenvalue weighted by Gasteiger charge is 2.45. The van der Waals surface area contributed by atoms with Crippen molar-refractivity contribution < 1.29 is 8.78 Å². The van der Waals surface area contributed by atoms with Crippen molar-refractivity contribution in [2.24, 2.45) is 17.3 Å². The van der Waals surface area contributed by atoms with Crippen LogP contribution in [0.15, 0.2) is 65.1 Å². The largest absolute Gasteiger partial charge is 0.388 e. The van der Waals surface area contributed by atoms with E-state index in [4.69, 9.17) is 0 Å². The zero-order valence-corrected chi connectivity index (χ0v) is 22.0. The van der Waals surface area contributed by atoms with Crippen LogP contribution >= 0.6 is 0 Å². The fourth-order valence-electron chi connectivity index (χ4n) is 4.83. The van der Waals surface area contributed by atoms with Gasteiger partial charge in [0.15, 0.2) is 0 Å². The number of hydrogen-bond donors (Lipinski definition) is 2. The maximum atomic E-state index is 13.5. The molecule has 186 valence electrons. The second-order valence-electron chi connectivity index (χ2n) is 9.64. The van der Waals surface area contributed by atoms with E-state index in [0.717, 1.165) is 55.6 Å². The molecule has 0 aromatic carbocycles. The maximum absolute atomic E-state index is 13.5. The molecule has 1 saturated heterocycles. The van der Waals surface area contributed by atoms with E-state index in [1.807, 2.05) is 33.9 Å². The lowest BCUT2D eigenvalue weighted by Gasteiger charge is -2.28. The summed E-state index contributed by atoms with van der Waals surface area (Å²) in [5.41, 5.74) is 6.53. The van der Waals surface area contributed by atoms with Gasteiger partial charge >= 0.3 is 0 Å². The van der Waals surface area contributed by atoms with Crippen LogP contribution in [0, 0.1) is 17.3 Å². The van der Waals surface area contributed by atoms with Gasteiger partial charge in [0.05, 0.1) is 0 Å². The van der Waals surface area contributed by atoms with Crippen LogP contribution < -0.4 is 10.6 Å². The van der Waals surface area contributed by atoms with E-state index in [1.54, 1.807) is 12.2 Å². The third-order valence-corrected chi connectivity index (χ3v) is 6.58. The van der Waals surface area contributed by atoms with Crippen LogP contribution in [-0.2, 0) is 0 Å². The van der Waals surface area contributed by atoms with Gasteiger partial charge in [0, 0.05) is 31.8 Å².